The van der Waals surface area contributed by atoms with Gasteiger partial charge in [-0.2, -0.15) is 0 Å². The van der Waals surface area contributed by atoms with Crippen LogP contribution in [0.4, 0.5) is 0 Å². The molecule has 5 nitrogen and oxygen atoms in total. The number of aryl methyl sites for hydroxylation is 2. The zero-order chi connectivity index (χ0) is 19.5. The van der Waals surface area contributed by atoms with E-state index < -0.39 is 0 Å². The fourth-order valence-electron chi connectivity index (χ4n) is 3.85. The summed E-state index contributed by atoms with van der Waals surface area (Å²) in [7, 11) is 0. The van der Waals surface area contributed by atoms with E-state index in [0.29, 0.717) is 12.5 Å². The quantitative estimate of drug-likeness (QED) is 0.651. The number of amides is 1. The summed E-state index contributed by atoms with van der Waals surface area (Å²) in [5.41, 5.74) is 2.34. The fourth-order valence-corrected chi connectivity index (χ4v) is 5.20. The van der Waals surface area contributed by atoms with Crippen LogP contribution >= 0.6 is 11.3 Å². The minimum absolute atomic E-state index is 0.0220. The normalized spacial score (nSPS) is 16.1. The fraction of sp³-hybridized carbons (Fsp3) is 0.409. The van der Waals surface area contributed by atoms with Crippen LogP contribution in [0.15, 0.2) is 41.5 Å². The van der Waals surface area contributed by atoms with E-state index in [4.69, 9.17) is 0 Å². The Morgan fingerprint density at radius 3 is 2.96 bits per heavy atom. The van der Waals surface area contributed by atoms with E-state index in [0.717, 1.165) is 47.9 Å². The molecule has 0 unspecified atom stereocenters. The molecule has 4 rings (SSSR count). The summed E-state index contributed by atoms with van der Waals surface area (Å²) in [6, 6.07) is 10.2. The van der Waals surface area contributed by atoms with E-state index in [2.05, 4.69) is 29.4 Å². The van der Waals surface area contributed by atoms with Gasteiger partial charge in [0.05, 0.1) is 11.7 Å². The maximum Gasteiger partial charge on any atom is 0.262 e. The van der Waals surface area contributed by atoms with Gasteiger partial charge in [0, 0.05) is 11.4 Å². The number of hydrogen-bond donors (Lipinski definition) is 1. The Hall–Kier alpha value is -2.47. The van der Waals surface area contributed by atoms with E-state index in [9.17, 15) is 9.59 Å². The van der Waals surface area contributed by atoms with E-state index in [-0.39, 0.29) is 18.0 Å². The van der Waals surface area contributed by atoms with E-state index in [1.165, 1.54) is 21.3 Å². The van der Waals surface area contributed by atoms with Crippen LogP contribution in [0.25, 0.3) is 10.2 Å². The third-order valence-corrected chi connectivity index (χ3v) is 6.57. The third-order valence-electron chi connectivity index (χ3n) is 5.40. The molecule has 3 aromatic rings. The average Bonchev–Trinajstić information content (AvgIpc) is 3.06. The van der Waals surface area contributed by atoms with Crippen LogP contribution in [-0.4, -0.2) is 22.0 Å². The lowest BCUT2D eigenvalue weighted by atomic mass is 9.89. The highest BCUT2D eigenvalue weighted by Gasteiger charge is 2.23. The Bertz CT molecular complexity index is 1040. The number of hydrogen-bond acceptors (Lipinski definition) is 4. The Balaban J connectivity index is 1.39. The van der Waals surface area contributed by atoms with Crippen LogP contribution in [0.2, 0.25) is 0 Å². The van der Waals surface area contributed by atoms with Crippen molar-refractivity contribution < 1.29 is 4.79 Å². The molecule has 146 valence electrons. The number of carbonyl (C=O) groups is 1. The highest BCUT2D eigenvalue weighted by Crippen LogP contribution is 2.35. The first-order valence-corrected chi connectivity index (χ1v) is 10.7. The Labute approximate surface area is 168 Å². The van der Waals surface area contributed by atoms with Gasteiger partial charge in [0.25, 0.3) is 5.56 Å². The Kier molecular flexibility index (Phi) is 5.57. The van der Waals surface area contributed by atoms with E-state index in [1.807, 2.05) is 18.2 Å². The van der Waals surface area contributed by atoms with Crippen molar-refractivity contribution in [2.45, 2.75) is 45.6 Å². The van der Waals surface area contributed by atoms with Crippen LogP contribution in [0, 0.1) is 5.92 Å². The summed E-state index contributed by atoms with van der Waals surface area (Å²) < 4.78 is 1.44. The van der Waals surface area contributed by atoms with E-state index >= 15 is 0 Å². The predicted octanol–water partition coefficient (Wildman–Crippen LogP) is 3.33. The zero-order valence-electron chi connectivity index (χ0n) is 16.1. The van der Waals surface area contributed by atoms with Gasteiger partial charge in [-0.3, -0.25) is 14.2 Å². The summed E-state index contributed by atoms with van der Waals surface area (Å²) >= 11 is 1.63. The van der Waals surface area contributed by atoms with Gasteiger partial charge in [-0.1, -0.05) is 37.3 Å². The molecular weight excluding hydrogens is 370 g/mol. The van der Waals surface area contributed by atoms with Gasteiger partial charge >= 0.3 is 0 Å². The molecule has 0 bridgehead atoms. The molecule has 2 aromatic heterocycles. The number of nitrogens with zero attached hydrogens (tertiary/aromatic N) is 2. The van der Waals surface area contributed by atoms with Crippen molar-refractivity contribution in [1.82, 2.24) is 14.9 Å². The van der Waals surface area contributed by atoms with Gasteiger partial charge < -0.3 is 5.32 Å². The van der Waals surface area contributed by atoms with Crippen molar-refractivity contribution in [3.63, 3.8) is 0 Å². The topological polar surface area (TPSA) is 64.0 Å². The third kappa shape index (κ3) is 4.02. The monoisotopic (exact) mass is 395 g/mol. The minimum atomic E-state index is -0.144. The van der Waals surface area contributed by atoms with Crippen molar-refractivity contribution in [2.24, 2.45) is 5.92 Å². The summed E-state index contributed by atoms with van der Waals surface area (Å²) in [4.78, 5) is 31.8. The molecule has 0 aliphatic heterocycles. The van der Waals surface area contributed by atoms with Gasteiger partial charge in [-0.05, 0) is 49.1 Å². The summed E-state index contributed by atoms with van der Waals surface area (Å²) in [5, 5.41) is 3.64. The summed E-state index contributed by atoms with van der Waals surface area (Å²) in [5.74, 6) is 0.512. The number of thiophene rings is 1. The smallest absolute Gasteiger partial charge is 0.262 e. The molecule has 0 saturated heterocycles. The Morgan fingerprint density at radius 2 is 2.14 bits per heavy atom. The number of carbonyl (C=O) groups excluding carboxylic acids is 1. The number of nitrogens with one attached hydrogen (secondary N) is 1. The first-order chi connectivity index (χ1) is 13.6. The van der Waals surface area contributed by atoms with Crippen LogP contribution in [-0.2, 0) is 30.6 Å². The van der Waals surface area contributed by atoms with Gasteiger partial charge in [-0.15, -0.1) is 11.3 Å². The van der Waals surface area contributed by atoms with Crippen LogP contribution in [0.3, 0.4) is 0 Å². The molecule has 0 radical (unpaired) electrons. The van der Waals surface area contributed by atoms with Crippen molar-refractivity contribution in [3.05, 3.63) is 63.0 Å². The van der Waals surface area contributed by atoms with Crippen LogP contribution < -0.4 is 10.9 Å². The molecule has 1 N–H and O–H groups in total. The number of rotatable bonds is 6. The predicted molar refractivity (Wildman–Crippen MR) is 113 cm³/mol. The molecule has 1 aliphatic rings. The molecular formula is C22H25N3O2S. The standard InChI is InChI=1S/C22H25N3O2S/c1-15-9-10-17-18(12-15)28-21-20(17)22(27)25(14-24-21)13-19(26)23-11-5-8-16-6-3-2-4-7-16/h2-4,6-7,14-15H,5,8-13H2,1H3,(H,23,26)/t15-/m1/s1. The molecule has 0 saturated carbocycles. The molecule has 28 heavy (non-hydrogen) atoms. The van der Waals surface area contributed by atoms with Gasteiger partial charge in [0.15, 0.2) is 0 Å². The zero-order valence-corrected chi connectivity index (χ0v) is 16.9. The molecule has 2 heterocycles. The lowest BCUT2D eigenvalue weighted by molar-refractivity contribution is -0.121. The van der Waals surface area contributed by atoms with Crippen molar-refractivity contribution >= 4 is 27.5 Å². The molecule has 0 spiro atoms. The van der Waals surface area contributed by atoms with Gasteiger partial charge in [-0.25, -0.2) is 4.98 Å². The molecule has 1 atom stereocenters. The lowest BCUT2D eigenvalue weighted by Crippen LogP contribution is -2.33. The highest BCUT2D eigenvalue weighted by atomic mass is 32.1. The first-order valence-electron chi connectivity index (χ1n) is 9.92. The van der Waals surface area contributed by atoms with Crippen molar-refractivity contribution in [1.29, 1.82) is 0 Å². The lowest BCUT2D eigenvalue weighted by Gasteiger charge is -2.17. The molecule has 1 amide bonds. The summed E-state index contributed by atoms with van der Waals surface area (Å²) in [6.45, 7) is 2.87. The SMILES string of the molecule is C[C@@H]1CCc2c(sc3ncn(CC(=O)NCCCc4ccccc4)c(=O)c23)C1. The van der Waals surface area contributed by atoms with Crippen LogP contribution in [0.1, 0.15) is 35.8 Å². The van der Waals surface area contributed by atoms with E-state index in [1.54, 1.807) is 11.3 Å². The second-order valence-electron chi connectivity index (χ2n) is 7.65. The maximum absolute atomic E-state index is 12.9. The van der Waals surface area contributed by atoms with Gasteiger partial charge in [0.2, 0.25) is 5.91 Å². The molecule has 1 aromatic carbocycles. The molecule has 0 fully saturated rings. The van der Waals surface area contributed by atoms with Crippen LogP contribution in [0.5, 0.6) is 0 Å². The number of fused-ring (bicyclic) bond motifs is 3. The second kappa shape index (κ2) is 8.27. The Morgan fingerprint density at radius 1 is 1.32 bits per heavy atom. The average molecular weight is 396 g/mol. The first kappa shape index (κ1) is 18.9. The largest absolute Gasteiger partial charge is 0.355 e. The van der Waals surface area contributed by atoms with Crippen molar-refractivity contribution in [3.8, 4) is 0 Å². The number of aromatic nitrogens is 2. The summed E-state index contributed by atoms with van der Waals surface area (Å²) in [6.07, 6.45) is 6.38. The minimum Gasteiger partial charge on any atom is -0.355 e. The molecule has 6 heteroatoms. The van der Waals surface area contributed by atoms with Gasteiger partial charge in [0.1, 0.15) is 11.4 Å². The highest BCUT2D eigenvalue weighted by molar-refractivity contribution is 7.18. The maximum atomic E-state index is 12.9. The molecule has 1 aliphatic carbocycles. The second-order valence-corrected chi connectivity index (χ2v) is 8.73. The number of benzene rings is 1. The van der Waals surface area contributed by atoms with Crippen molar-refractivity contribution in [2.75, 3.05) is 6.54 Å².